The van der Waals surface area contributed by atoms with Gasteiger partial charge in [0, 0.05) is 24.2 Å². The maximum absolute atomic E-state index is 12.7. The molecule has 0 saturated carbocycles. The van der Waals surface area contributed by atoms with Crippen molar-refractivity contribution in [3.63, 3.8) is 0 Å². The molecule has 2 atom stereocenters. The highest BCUT2D eigenvalue weighted by atomic mass is 16.6. The first kappa shape index (κ1) is 28.9. The lowest BCUT2D eigenvalue weighted by atomic mass is 10.0. The second kappa shape index (κ2) is 11.8. The van der Waals surface area contributed by atoms with Crippen LogP contribution in [0.5, 0.6) is 0 Å². The molecule has 2 amide bonds. The number of aromatic nitrogens is 4. The number of nitrogens with one attached hydrogen (secondary N) is 2. The summed E-state index contributed by atoms with van der Waals surface area (Å²) in [6.07, 6.45) is 5.41. The molecule has 224 valence electrons. The minimum Gasteiger partial charge on any atom is -0.465 e. The number of carboxylic acid groups (broad SMARTS) is 1. The van der Waals surface area contributed by atoms with Crippen LogP contribution >= 0.6 is 0 Å². The van der Waals surface area contributed by atoms with Gasteiger partial charge in [0.1, 0.15) is 28.6 Å². The number of carbonyl (C=O) groups excluding carboxylic acids is 1. The molecule has 10 heteroatoms. The molecule has 2 saturated heterocycles. The summed E-state index contributed by atoms with van der Waals surface area (Å²) in [7, 11) is 0. The molecule has 4 heterocycles. The smallest absolute Gasteiger partial charge is 0.410 e. The van der Waals surface area contributed by atoms with E-state index in [9.17, 15) is 14.7 Å². The summed E-state index contributed by atoms with van der Waals surface area (Å²) in [5.74, 6) is 14.0. The number of hydrogen-bond donors (Lipinski definition) is 3. The molecule has 0 aliphatic carbocycles. The highest BCUT2D eigenvalue weighted by Gasteiger charge is 2.35. The first-order valence-electron chi connectivity index (χ1n) is 14.8. The molecule has 6 rings (SSSR count). The predicted molar refractivity (Wildman–Crippen MR) is 165 cm³/mol. The average molecular weight is 591 g/mol. The molecule has 0 radical (unpaired) electrons. The lowest BCUT2D eigenvalue weighted by molar-refractivity contribution is 0.0218. The fourth-order valence-corrected chi connectivity index (χ4v) is 5.69. The van der Waals surface area contributed by atoms with E-state index in [0.29, 0.717) is 30.3 Å². The van der Waals surface area contributed by atoms with Gasteiger partial charge in [-0.15, -0.1) is 0 Å². The number of likely N-dealkylation sites (tertiary alicyclic amines) is 2. The molecule has 0 spiro atoms. The monoisotopic (exact) mass is 590 g/mol. The van der Waals surface area contributed by atoms with E-state index in [0.717, 1.165) is 53.4 Å². The Bertz CT molecular complexity index is 1840. The van der Waals surface area contributed by atoms with Crippen LogP contribution in [0.15, 0.2) is 48.8 Å². The number of amides is 2. The largest absolute Gasteiger partial charge is 0.465 e. The summed E-state index contributed by atoms with van der Waals surface area (Å²) in [6, 6.07) is 11.6. The van der Waals surface area contributed by atoms with Crippen LogP contribution in [0.3, 0.4) is 0 Å². The van der Waals surface area contributed by atoms with E-state index in [2.05, 4.69) is 43.6 Å². The fourth-order valence-electron chi connectivity index (χ4n) is 5.69. The molecule has 10 nitrogen and oxygen atoms in total. The van der Waals surface area contributed by atoms with Crippen molar-refractivity contribution < 1.29 is 19.4 Å². The molecule has 44 heavy (non-hydrogen) atoms. The van der Waals surface area contributed by atoms with Crippen LogP contribution in [0, 0.1) is 23.7 Å². The van der Waals surface area contributed by atoms with Crippen LogP contribution in [-0.4, -0.2) is 65.7 Å². The number of benzene rings is 2. The fraction of sp³-hybridized carbons (Fsp3) is 0.353. The average Bonchev–Trinajstić information content (AvgIpc) is 3.80. The van der Waals surface area contributed by atoms with E-state index in [1.165, 1.54) is 4.90 Å². The minimum absolute atomic E-state index is 0.150. The topological polar surface area (TPSA) is 127 Å². The molecule has 0 unspecified atom stereocenters. The van der Waals surface area contributed by atoms with Gasteiger partial charge >= 0.3 is 12.2 Å². The Labute approximate surface area is 255 Å². The summed E-state index contributed by atoms with van der Waals surface area (Å²) in [5.41, 5.74) is 2.52. The third kappa shape index (κ3) is 6.40. The van der Waals surface area contributed by atoms with Gasteiger partial charge in [-0.25, -0.2) is 19.6 Å². The Balaban J connectivity index is 1.12. The van der Waals surface area contributed by atoms with Crippen LogP contribution in [-0.2, 0) is 4.74 Å². The number of hydrogen-bond acceptors (Lipinski definition) is 5. The zero-order chi connectivity index (χ0) is 30.8. The summed E-state index contributed by atoms with van der Waals surface area (Å²) < 4.78 is 5.58. The Morgan fingerprint density at radius 3 is 1.82 bits per heavy atom. The molecule has 0 bridgehead atoms. The van der Waals surface area contributed by atoms with E-state index in [1.54, 1.807) is 17.3 Å². The maximum Gasteiger partial charge on any atom is 0.410 e. The summed E-state index contributed by atoms with van der Waals surface area (Å²) in [6.45, 7) is 6.76. The third-order valence-electron chi connectivity index (χ3n) is 7.72. The predicted octanol–water partition coefficient (Wildman–Crippen LogP) is 5.97. The number of aromatic amines is 2. The van der Waals surface area contributed by atoms with E-state index in [1.807, 2.05) is 57.2 Å². The van der Waals surface area contributed by atoms with E-state index >= 15 is 0 Å². The van der Waals surface area contributed by atoms with Gasteiger partial charge in [-0.05, 0) is 93.3 Å². The van der Waals surface area contributed by atoms with E-state index in [-0.39, 0.29) is 18.2 Å². The first-order valence-corrected chi connectivity index (χ1v) is 14.8. The molecule has 2 aliphatic heterocycles. The van der Waals surface area contributed by atoms with Crippen molar-refractivity contribution in [2.24, 2.45) is 0 Å². The number of fused-ring (bicyclic) bond motifs is 1. The normalized spacial score (nSPS) is 18.1. The molecule has 2 aromatic heterocycles. The quantitative estimate of drug-likeness (QED) is 0.247. The van der Waals surface area contributed by atoms with Crippen LogP contribution in [0.2, 0.25) is 0 Å². The Morgan fingerprint density at radius 1 is 0.818 bits per heavy atom. The Hall–Kier alpha value is -5.22. The van der Waals surface area contributed by atoms with Crippen LogP contribution in [0.25, 0.3) is 10.8 Å². The van der Waals surface area contributed by atoms with Crippen molar-refractivity contribution in [3.8, 4) is 23.7 Å². The molecule has 2 fully saturated rings. The standard InChI is InChI=1S/C34H34N6O4/c1-34(2,3)44-33(43)40-17-5-7-29(40)31-36-21-27(38-31)15-11-23-9-13-24-18-22(8-12-25(24)19-23)10-14-26-20-35-30(37-26)28-6-4-16-39(28)32(41)42/h8-9,12-13,18-21,28-29H,4-7,16-17H2,1-3H3,(H,35,37)(H,36,38)(H,41,42)/t28-,29-/m0/s1. The highest BCUT2D eigenvalue weighted by Crippen LogP contribution is 2.32. The van der Waals surface area contributed by atoms with E-state index in [4.69, 9.17) is 4.74 Å². The van der Waals surface area contributed by atoms with Gasteiger partial charge in [0.15, 0.2) is 0 Å². The molecular formula is C34H34N6O4. The Kier molecular flexibility index (Phi) is 7.75. The molecular weight excluding hydrogens is 556 g/mol. The number of rotatable bonds is 2. The SMILES string of the molecule is CC(C)(C)OC(=O)N1CCC[C@H]1c1ncc(C#Cc2ccc3cc(C#Cc4cnc([C@@H]5CCCN5C(=O)O)[nH]4)ccc3c2)[nH]1. The minimum atomic E-state index is -0.926. The highest BCUT2D eigenvalue weighted by molar-refractivity contribution is 5.85. The van der Waals surface area contributed by atoms with Crippen molar-refractivity contribution in [1.82, 2.24) is 29.7 Å². The van der Waals surface area contributed by atoms with Crippen molar-refractivity contribution >= 4 is 23.0 Å². The summed E-state index contributed by atoms with van der Waals surface area (Å²) in [5, 5.41) is 11.5. The number of carbonyl (C=O) groups is 2. The van der Waals surface area contributed by atoms with Gasteiger partial charge in [0.2, 0.25) is 0 Å². The zero-order valence-corrected chi connectivity index (χ0v) is 25.0. The Morgan fingerprint density at radius 2 is 1.32 bits per heavy atom. The maximum atomic E-state index is 12.7. The summed E-state index contributed by atoms with van der Waals surface area (Å²) >= 11 is 0. The number of ether oxygens (including phenoxy) is 1. The zero-order valence-electron chi connectivity index (χ0n) is 25.0. The second-order valence-corrected chi connectivity index (χ2v) is 12.1. The van der Waals surface area contributed by atoms with Gasteiger partial charge in [-0.3, -0.25) is 9.80 Å². The van der Waals surface area contributed by atoms with Gasteiger partial charge in [0.25, 0.3) is 0 Å². The lowest BCUT2D eigenvalue weighted by Gasteiger charge is -2.27. The second-order valence-electron chi connectivity index (χ2n) is 12.1. The first-order chi connectivity index (χ1) is 21.1. The number of H-pyrrole nitrogens is 2. The number of imidazole rings is 2. The molecule has 3 N–H and O–H groups in total. The molecule has 2 aromatic carbocycles. The van der Waals surface area contributed by atoms with Crippen LogP contribution in [0.4, 0.5) is 9.59 Å². The molecule has 2 aliphatic rings. The van der Waals surface area contributed by atoms with Crippen molar-refractivity contribution in [1.29, 1.82) is 0 Å². The van der Waals surface area contributed by atoms with Crippen molar-refractivity contribution in [3.05, 3.63) is 83.0 Å². The van der Waals surface area contributed by atoms with Gasteiger partial charge in [-0.2, -0.15) is 0 Å². The van der Waals surface area contributed by atoms with Gasteiger partial charge < -0.3 is 19.8 Å². The van der Waals surface area contributed by atoms with E-state index < -0.39 is 11.7 Å². The van der Waals surface area contributed by atoms with Crippen LogP contribution < -0.4 is 0 Å². The lowest BCUT2D eigenvalue weighted by Crippen LogP contribution is -2.36. The van der Waals surface area contributed by atoms with Crippen molar-refractivity contribution in [2.75, 3.05) is 13.1 Å². The number of nitrogens with zero attached hydrogens (tertiary/aromatic N) is 4. The third-order valence-corrected chi connectivity index (χ3v) is 7.72. The van der Waals surface area contributed by atoms with Crippen molar-refractivity contribution in [2.45, 2.75) is 64.1 Å². The van der Waals surface area contributed by atoms with Gasteiger partial charge in [0.05, 0.1) is 24.5 Å². The molecule has 4 aromatic rings. The van der Waals surface area contributed by atoms with Gasteiger partial charge in [-0.1, -0.05) is 24.0 Å². The van der Waals surface area contributed by atoms with Crippen LogP contribution in [0.1, 0.15) is 92.7 Å². The summed E-state index contributed by atoms with van der Waals surface area (Å²) in [4.78, 5) is 42.7.